The molecule has 0 radical (unpaired) electrons. The van der Waals surface area contributed by atoms with E-state index in [1.54, 1.807) is 4.90 Å². The molecule has 0 aliphatic heterocycles. The van der Waals surface area contributed by atoms with Crippen LogP contribution in [-0.4, -0.2) is 43.0 Å². The zero-order valence-corrected chi connectivity index (χ0v) is 14.4. The zero-order chi connectivity index (χ0) is 16.0. The summed E-state index contributed by atoms with van der Waals surface area (Å²) in [6, 6.07) is 5.68. The van der Waals surface area contributed by atoms with Gasteiger partial charge in [-0.05, 0) is 44.5 Å². The maximum atomic E-state index is 12.1. The van der Waals surface area contributed by atoms with Gasteiger partial charge in [-0.15, -0.1) is 0 Å². The first-order valence-electron chi connectivity index (χ1n) is 6.70. The number of rotatable bonds is 6. The zero-order valence-electron chi connectivity index (χ0n) is 12.8. The molecule has 0 unspecified atom stereocenters. The number of nitrogens with one attached hydrogen (secondary N) is 1. The highest BCUT2D eigenvalue weighted by Gasteiger charge is 2.17. The largest absolute Gasteiger partial charge is 0.468 e. The minimum Gasteiger partial charge on any atom is -0.468 e. The lowest BCUT2D eigenvalue weighted by Gasteiger charge is -2.24. The van der Waals surface area contributed by atoms with Gasteiger partial charge in [-0.1, -0.05) is 15.9 Å². The molecule has 1 amide bonds. The number of anilines is 1. The third-order valence-electron chi connectivity index (χ3n) is 3.08. The predicted octanol–water partition coefficient (Wildman–Crippen LogP) is 2.58. The monoisotopic (exact) mass is 356 g/mol. The number of carbonyl (C=O) groups excluding carboxylic acids is 2. The van der Waals surface area contributed by atoms with E-state index in [9.17, 15) is 9.59 Å². The van der Waals surface area contributed by atoms with Crippen molar-refractivity contribution >= 4 is 33.5 Å². The predicted molar refractivity (Wildman–Crippen MR) is 86.2 cm³/mol. The Bertz CT molecular complexity index is 518. The van der Waals surface area contributed by atoms with Gasteiger partial charge >= 0.3 is 5.97 Å². The molecule has 0 aliphatic carbocycles. The number of aryl methyl sites for hydroxylation is 1. The van der Waals surface area contributed by atoms with Gasteiger partial charge in [0.25, 0.3) is 0 Å². The van der Waals surface area contributed by atoms with Crippen molar-refractivity contribution < 1.29 is 14.3 Å². The van der Waals surface area contributed by atoms with Crippen LogP contribution in [0.3, 0.4) is 0 Å². The van der Waals surface area contributed by atoms with Crippen molar-refractivity contribution in [2.45, 2.75) is 26.8 Å². The summed E-state index contributed by atoms with van der Waals surface area (Å²) in [6.07, 6.45) is 0. The molecule has 0 bridgehead atoms. The number of benzene rings is 1. The summed E-state index contributed by atoms with van der Waals surface area (Å²) >= 11 is 3.42. The van der Waals surface area contributed by atoms with Gasteiger partial charge in [0.2, 0.25) is 5.91 Å². The molecule has 1 aromatic carbocycles. The normalized spacial score (nSPS) is 10.8. The van der Waals surface area contributed by atoms with E-state index in [0.29, 0.717) is 0 Å². The average Bonchev–Trinajstić information content (AvgIpc) is 2.41. The summed E-state index contributed by atoms with van der Waals surface area (Å²) in [4.78, 5) is 25.2. The fourth-order valence-corrected chi connectivity index (χ4v) is 2.01. The number of amides is 1. The molecule has 116 valence electrons. The number of carbonyl (C=O) groups is 2. The number of hydrogen-bond donors (Lipinski definition) is 1. The average molecular weight is 357 g/mol. The van der Waals surface area contributed by atoms with Crippen molar-refractivity contribution in [1.29, 1.82) is 0 Å². The second-order valence-corrected chi connectivity index (χ2v) is 5.94. The molecule has 6 heteroatoms. The SMILES string of the molecule is COC(=O)CN(CC(=O)Nc1ccc(Br)c(C)c1)C(C)C. The standard InChI is InChI=1S/C15H21BrN2O3/c1-10(2)18(9-15(20)21-4)8-14(19)17-12-5-6-13(16)11(3)7-12/h5-7,10H,8-9H2,1-4H3,(H,17,19). The molecule has 0 atom stereocenters. The van der Waals surface area contributed by atoms with Gasteiger partial charge in [0.15, 0.2) is 0 Å². The highest BCUT2D eigenvalue weighted by Crippen LogP contribution is 2.19. The van der Waals surface area contributed by atoms with E-state index in [0.717, 1.165) is 15.7 Å². The van der Waals surface area contributed by atoms with E-state index < -0.39 is 0 Å². The third-order valence-corrected chi connectivity index (χ3v) is 3.97. The van der Waals surface area contributed by atoms with Crippen molar-refractivity contribution in [2.75, 3.05) is 25.5 Å². The molecular weight excluding hydrogens is 336 g/mol. The first kappa shape index (κ1) is 17.7. The molecule has 21 heavy (non-hydrogen) atoms. The first-order chi connectivity index (χ1) is 9.83. The van der Waals surface area contributed by atoms with Crippen LogP contribution in [0.2, 0.25) is 0 Å². The summed E-state index contributed by atoms with van der Waals surface area (Å²) in [6.45, 7) is 6.06. The minimum atomic E-state index is -0.351. The molecule has 0 saturated heterocycles. The number of methoxy groups -OCH3 is 1. The second-order valence-electron chi connectivity index (χ2n) is 5.09. The van der Waals surface area contributed by atoms with Gasteiger partial charge in [-0.25, -0.2) is 0 Å². The Kier molecular flexibility index (Phi) is 6.84. The fraction of sp³-hybridized carbons (Fsp3) is 0.467. The number of nitrogens with zero attached hydrogens (tertiary/aromatic N) is 1. The van der Waals surface area contributed by atoms with E-state index in [-0.39, 0.29) is 31.0 Å². The van der Waals surface area contributed by atoms with Crippen LogP contribution in [0.15, 0.2) is 22.7 Å². The lowest BCUT2D eigenvalue weighted by Crippen LogP contribution is -2.41. The van der Waals surface area contributed by atoms with Gasteiger partial charge in [0.1, 0.15) is 0 Å². The molecule has 0 saturated carbocycles. The van der Waals surface area contributed by atoms with E-state index in [4.69, 9.17) is 0 Å². The molecule has 1 rings (SSSR count). The highest BCUT2D eigenvalue weighted by molar-refractivity contribution is 9.10. The Morgan fingerprint density at radius 1 is 1.33 bits per heavy atom. The summed E-state index contributed by atoms with van der Waals surface area (Å²) < 4.78 is 5.64. The number of ether oxygens (including phenoxy) is 1. The first-order valence-corrected chi connectivity index (χ1v) is 7.49. The topological polar surface area (TPSA) is 58.6 Å². The molecular formula is C15H21BrN2O3. The molecule has 0 aromatic heterocycles. The van der Waals surface area contributed by atoms with Crippen LogP contribution in [0.1, 0.15) is 19.4 Å². The third kappa shape index (κ3) is 5.85. The van der Waals surface area contributed by atoms with E-state index >= 15 is 0 Å². The maximum absolute atomic E-state index is 12.1. The summed E-state index contributed by atoms with van der Waals surface area (Å²) in [7, 11) is 1.34. The van der Waals surface area contributed by atoms with E-state index in [1.807, 2.05) is 39.0 Å². The van der Waals surface area contributed by atoms with Crippen molar-refractivity contribution in [1.82, 2.24) is 4.90 Å². The maximum Gasteiger partial charge on any atom is 0.319 e. The Hall–Kier alpha value is -1.40. The van der Waals surface area contributed by atoms with Crippen molar-refractivity contribution in [3.05, 3.63) is 28.2 Å². The van der Waals surface area contributed by atoms with Crippen LogP contribution in [0.4, 0.5) is 5.69 Å². The number of halogens is 1. The molecule has 0 spiro atoms. The Morgan fingerprint density at radius 3 is 2.52 bits per heavy atom. The Morgan fingerprint density at radius 2 is 2.00 bits per heavy atom. The molecule has 0 fully saturated rings. The Balaban J connectivity index is 2.65. The summed E-state index contributed by atoms with van der Waals surface area (Å²) in [5.41, 5.74) is 1.78. The van der Waals surface area contributed by atoms with E-state index in [2.05, 4.69) is 26.0 Å². The van der Waals surface area contributed by atoms with Crippen LogP contribution in [-0.2, 0) is 14.3 Å². The van der Waals surface area contributed by atoms with Crippen LogP contribution in [0.5, 0.6) is 0 Å². The van der Waals surface area contributed by atoms with Crippen LogP contribution in [0.25, 0.3) is 0 Å². The molecule has 0 aliphatic rings. The molecule has 5 nitrogen and oxygen atoms in total. The van der Waals surface area contributed by atoms with Crippen LogP contribution >= 0.6 is 15.9 Å². The van der Waals surface area contributed by atoms with Crippen molar-refractivity contribution in [2.24, 2.45) is 0 Å². The Labute approximate surface area is 133 Å². The minimum absolute atomic E-state index is 0.0708. The lowest BCUT2D eigenvalue weighted by atomic mass is 10.2. The lowest BCUT2D eigenvalue weighted by molar-refractivity contribution is -0.142. The number of esters is 1. The smallest absolute Gasteiger partial charge is 0.319 e. The van der Waals surface area contributed by atoms with E-state index in [1.165, 1.54) is 7.11 Å². The van der Waals surface area contributed by atoms with Gasteiger partial charge < -0.3 is 10.1 Å². The fourth-order valence-electron chi connectivity index (χ4n) is 1.76. The molecule has 1 N–H and O–H groups in total. The van der Waals surface area contributed by atoms with Gasteiger partial charge in [-0.3, -0.25) is 14.5 Å². The molecule has 0 heterocycles. The number of hydrogen-bond acceptors (Lipinski definition) is 4. The summed E-state index contributed by atoms with van der Waals surface area (Å²) in [5, 5.41) is 2.83. The van der Waals surface area contributed by atoms with Crippen LogP contribution < -0.4 is 5.32 Å². The van der Waals surface area contributed by atoms with Gasteiger partial charge in [0, 0.05) is 16.2 Å². The molecule has 1 aromatic rings. The summed E-state index contributed by atoms with van der Waals surface area (Å²) in [5.74, 6) is -0.509. The van der Waals surface area contributed by atoms with Crippen molar-refractivity contribution in [3.63, 3.8) is 0 Å². The van der Waals surface area contributed by atoms with Gasteiger partial charge in [-0.2, -0.15) is 0 Å². The van der Waals surface area contributed by atoms with Gasteiger partial charge in [0.05, 0.1) is 20.2 Å². The highest BCUT2D eigenvalue weighted by atomic mass is 79.9. The second kappa shape index (κ2) is 8.14. The quantitative estimate of drug-likeness (QED) is 0.795. The van der Waals surface area contributed by atoms with Crippen LogP contribution in [0, 0.1) is 6.92 Å². The van der Waals surface area contributed by atoms with Crippen molar-refractivity contribution in [3.8, 4) is 0 Å².